The summed E-state index contributed by atoms with van der Waals surface area (Å²) in [6, 6.07) is 68.0. The molecule has 6 nitrogen and oxygen atoms in total. The molecule has 0 unspecified atom stereocenters. The number of hydrogen-bond donors (Lipinski definition) is 0. The van der Waals surface area contributed by atoms with Crippen molar-refractivity contribution >= 4 is 134 Å². The lowest BCUT2D eigenvalue weighted by atomic mass is 9.43. The normalized spacial score (nSPS) is 13.7. The summed E-state index contributed by atoms with van der Waals surface area (Å²) in [5.41, 5.74) is 23.8. The third-order valence-corrected chi connectivity index (χ3v) is 18.4. The first-order valence-corrected chi connectivity index (χ1v) is 29.5. The van der Waals surface area contributed by atoms with Gasteiger partial charge in [0.1, 0.15) is 33.5 Å². The molecule has 406 valence electrons. The molecule has 16 rings (SSSR count). The van der Waals surface area contributed by atoms with Crippen LogP contribution in [0.25, 0.3) is 104 Å². The van der Waals surface area contributed by atoms with Crippen molar-refractivity contribution in [2.75, 3.05) is 9.71 Å². The average molecular weight is 1080 g/mol. The molecule has 0 N–H and O–H groups in total. The van der Waals surface area contributed by atoms with Gasteiger partial charge in [-0.25, -0.2) is 0 Å². The fourth-order valence-electron chi connectivity index (χ4n) is 13.9. The number of anilines is 5. The van der Waals surface area contributed by atoms with E-state index in [2.05, 4.69) is 279 Å². The van der Waals surface area contributed by atoms with Crippen LogP contribution in [-0.2, 0) is 21.7 Å². The second-order valence-electron chi connectivity index (χ2n) is 27.8. The molecule has 0 amide bonds. The zero-order chi connectivity index (χ0) is 57.0. The molecule has 2 aliphatic rings. The van der Waals surface area contributed by atoms with Crippen molar-refractivity contribution in [1.29, 1.82) is 0 Å². The molecule has 14 aromatic rings. The molecule has 2 aliphatic heterocycles. The second kappa shape index (κ2) is 16.8. The summed E-state index contributed by atoms with van der Waals surface area (Å²) in [7, 11) is 0. The first-order chi connectivity index (χ1) is 39.7. The van der Waals surface area contributed by atoms with E-state index in [1.54, 1.807) is 0 Å². The molecule has 0 spiro atoms. The first kappa shape index (κ1) is 49.8. The van der Waals surface area contributed by atoms with Crippen LogP contribution in [0.5, 0.6) is 0 Å². The van der Waals surface area contributed by atoms with Crippen LogP contribution in [0.1, 0.15) is 105 Å². The van der Waals surface area contributed by atoms with Gasteiger partial charge in [-0.05, 0) is 151 Å². The van der Waals surface area contributed by atoms with Gasteiger partial charge in [-0.1, -0.05) is 162 Å². The zero-order valence-electron chi connectivity index (χ0n) is 49.5. The molecule has 0 saturated carbocycles. The molecule has 0 bridgehead atoms. The largest absolute Gasteiger partial charge is 0.456 e. The van der Waals surface area contributed by atoms with Gasteiger partial charge in [0.05, 0.1) is 16.4 Å². The first-order valence-electron chi connectivity index (χ1n) is 29.5. The summed E-state index contributed by atoms with van der Waals surface area (Å²) >= 11 is 0. The van der Waals surface area contributed by atoms with E-state index in [0.717, 1.165) is 116 Å². The van der Waals surface area contributed by atoms with Crippen molar-refractivity contribution in [3.05, 3.63) is 204 Å². The number of furan rings is 3. The third-order valence-electron chi connectivity index (χ3n) is 18.4. The topological polar surface area (TPSA) is 50.8 Å². The molecular formula is C76H66BN3O3. The van der Waals surface area contributed by atoms with E-state index >= 15 is 0 Å². The number of hydrogen-bond acceptors (Lipinski definition) is 5. The maximum absolute atomic E-state index is 7.35. The summed E-state index contributed by atoms with van der Waals surface area (Å²) in [5.74, 6) is 0. The van der Waals surface area contributed by atoms with Gasteiger partial charge in [0.2, 0.25) is 0 Å². The van der Waals surface area contributed by atoms with Crippen molar-refractivity contribution in [3.63, 3.8) is 0 Å². The summed E-state index contributed by atoms with van der Waals surface area (Å²) in [5, 5.41) is 8.88. The monoisotopic (exact) mass is 1080 g/mol. The van der Waals surface area contributed by atoms with Gasteiger partial charge < -0.3 is 27.5 Å². The van der Waals surface area contributed by atoms with Gasteiger partial charge in [0.15, 0.2) is 0 Å². The Labute approximate surface area is 484 Å². The third kappa shape index (κ3) is 7.28. The molecule has 7 heteroatoms. The van der Waals surface area contributed by atoms with Gasteiger partial charge in [0, 0.05) is 89.5 Å². The predicted molar refractivity (Wildman–Crippen MR) is 351 cm³/mol. The SMILES string of the molecule is CC(C)(C)c1ccc(N2B3c4cc5oc6ccccc6c5cc4-n4c5ccc(C(C)(C)C)cc5c5c6oc7ccccc7c6c(c3c54)-c3cc4c(cc32)oc2cc(N(c3ccc(C(C)(C)C)cc3)c3ccc(C(C)(C)C)cc3)ccc24)cc1. The minimum Gasteiger partial charge on any atom is -0.456 e. The van der Waals surface area contributed by atoms with E-state index in [1.807, 2.05) is 0 Å². The number of benzene rings is 10. The molecule has 0 aliphatic carbocycles. The van der Waals surface area contributed by atoms with E-state index in [9.17, 15) is 0 Å². The highest BCUT2D eigenvalue weighted by Crippen LogP contribution is 2.54. The van der Waals surface area contributed by atoms with Crippen molar-refractivity contribution in [1.82, 2.24) is 4.57 Å². The molecular weight excluding hydrogens is 1010 g/mol. The summed E-state index contributed by atoms with van der Waals surface area (Å²) < 4.78 is 24.1. The fraction of sp³-hybridized carbons (Fsp3) is 0.211. The number of nitrogens with zero attached hydrogens (tertiary/aromatic N) is 3. The van der Waals surface area contributed by atoms with Crippen molar-refractivity contribution < 1.29 is 13.3 Å². The Bertz CT molecular complexity index is 5000. The summed E-state index contributed by atoms with van der Waals surface area (Å²) in [6.07, 6.45) is 0. The predicted octanol–water partition coefficient (Wildman–Crippen LogP) is 20.4. The van der Waals surface area contributed by atoms with Crippen LogP contribution in [0.15, 0.2) is 195 Å². The van der Waals surface area contributed by atoms with Crippen molar-refractivity contribution in [3.8, 4) is 16.8 Å². The smallest absolute Gasteiger partial charge is 0.333 e. The number of rotatable bonds is 4. The van der Waals surface area contributed by atoms with Crippen LogP contribution in [0.4, 0.5) is 28.4 Å². The van der Waals surface area contributed by atoms with Gasteiger partial charge in [-0.15, -0.1) is 0 Å². The number of aromatic nitrogens is 1. The molecule has 0 saturated heterocycles. The van der Waals surface area contributed by atoms with Crippen molar-refractivity contribution in [2.45, 2.75) is 105 Å². The number of para-hydroxylation sites is 2. The molecule has 0 fully saturated rings. The standard InChI is InChI=1S/C76H66BN3O3/c1-73(2,3)43-21-28-47(29-22-43)78(48-30-23-44(24-31-48)74(4,5)6)50-34-35-52-54-39-57-60(42-66(54)82-64(52)38-50)80(49-32-25-45(26-33-49)75(7,8)9)77-58-41-65-55(51-17-13-15-19-62(51)81-65)40-61(58)79-59-36-27-46(76(10,11)12)37-56(59)69-71(79)70(77)67(57)68-53-18-14-16-20-63(53)83-72(68)69/h13-42H,1-12H3. The quantitative estimate of drug-likeness (QED) is 0.164. The Hall–Kier alpha value is -8.94. The lowest BCUT2D eigenvalue weighted by molar-refractivity contribution is 0.590. The summed E-state index contributed by atoms with van der Waals surface area (Å²) in [6.45, 7) is 27.1. The van der Waals surface area contributed by atoms with Gasteiger partial charge in [-0.3, -0.25) is 0 Å². The second-order valence-corrected chi connectivity index (χ2v) is 27.8. The number of fused-ring (bicyclic) bond motifs is 19. The highest BCUT2D eigenvalue weighted by Gasteiger charge is 2.47. The Morgan fingerprint density at radius 3 is 1.54 bits per heavy atom. The van der Waals surface area contributed by atoms with Gasteiger partial charge in [0.25, 0.3) is 0 Å². The van der Waals surface area contributed by atoms with E-state index in [-0.39, 0.29) is 28.5 Å². The van der Waals surface area contributed by atoms with E-state index in [1.165, 1.54) is 49.6 Å². The minimum absolute atomic E-state index is 0.0231. The van der Waals surface area contributed by atoms with E-state index in [0.29, 0.717) is 0 Å². The van der Waals surface area contributed by atoms with E-state index < -0.39 is 0 Å². The van der Waals surface area contributed by atoms with Crippen LogP contribution < -0.4 is 20.6 Å². The fourth-order valence-corrected chi connectivity index (χ4v) is 13.9. The molecule has 83 heavy (non-hydrogen) atoms. The molecule has 10 aromatic carbocycles. The lowest BCUT2D eigenvalue weighted by Crippen LogP contribution is -2.60. The highest BCUT2D eigenvalue weighted by molar-refractivity contribution is 6.94. The average Bonchev–Trinajstić information content (AvgIpc) is 2.00. The Kier molecular flexibility index (Phi) is 10.1. The molecule has 0 radical (unpaired) electrons. The highest BCUT2D eigenvalue weighted by atomic mass is 16.3. The minimum atomic E-state index is -0.290. The molecule has 0 atom stereocenters. The van der Waals surface area contributed by atoms with Gasteiger partial charge in [-0.2, -0.15) is 0 Å². The van der Waals surface area contributed by atoms with Crippen molar-refractivity contribution in [2.24, 2.45) is 0 Å². The van der Waals surface area contributed by atoms with Crippen LogP contribution in [0.2, 0.25) is 0 Å². The Morgan fingerprint density at radius 2 is 0.904 bits per heavy atom. The maximum atomic E-state index is 7.35. The van der Waals surface area contributed by atoms with Gasteiger partial charge >= 0.3 is 6.85 Å². The molecule has 6 heterocycles. The van der Waals surface area contributed by atoms with Crippen LogP contribution in [-0.4, -0.2) is 11.4 Å². The summed E-state index contributed by atoms with van der Waals surface area (Å²) in [4.78, 5) is 4.97. The lowest BCUT2D eigenvalue weighted by Gasteiger charge is -2.42. The van der Waals surface area contributed by atoms with E-state index in [4.69, 9.17) is 13.3 Å². The Morgan fingerprint density at radius 1 is 0.386 bits per heavy atom. The Balaban J connectivity index is 1.02. The van der Waals surface area contributed by atoms with Crippen LogP contribution >= 0.6 is 0 Å². The van der Waals surface area contributed by atoms with Crippen LogP contribution in [0.3, 0.4) is 0 Å². The van der Waals surface area contributed by atoms with Crippen LogP contribution in [0, 0.1) is 0 Å². The maximum Gasteiger partial charge on any atom is 0.333 e. The zero-order valence-corrected chi connectivity index (χ0v) is 49.5. The molecule has 4 aromatic heterocycles.